The minimum Gasteiger partial charge on any atom is -0.338 e. The minimum absolute atomic E-state index is 0.378. The number of halogens is 1. The van der Waals surface area contributed by atoms with Gasteiger partial charge in [0.25, 0.3) is 0 Å². The van der Waals surface area contributed by atoms with E-state index in [9.17, 15) is 4.57 Å². The summed E-state index contributed by atoms with van der Waals surface area (Å²) in [5, 5.41) is 11.9. The first-order valence-corrected chi connectivity index (χ1v) is 13.3. The second-order valence-electron chi connectivity index (χ2n) is 8.05. The number of aromatic nitrogens is 4. The molecule has 3 heterocycles. The summed E-state index contributed by atoms with van der Waals surface area (Å²) in [6.07, 6.45) is 7.82. The minimum atomic E-state index is -2.47. The zero-order valence-corrected chi connectivity index (χ0v) is 19.4. The predicted molar refractivity (Wildman–Crippen MR) is 127 cm³/mol. The molecule has 31 heavy (non-hydrogen) atoms. The number of rotatable bonds is 8. The summed E-state index contributed by atoms with van der Waals surface area (Å²) in [4.78, 5) is 11.2. The number of hydrogen-bond donors (Lipinski definition) is 2. The van der Waals surface area contributed by atoms with Crippen LogP contribution in [0.25, 0.3) is 0 Å². The molecule has 2 N–H and O–H groups in total. The smallest absolute Gasteiger partial charge is 0.229 e. The Morgan fingerprint density at radius 2 is 1.87 bits per heavy atom. The van der Waals surface area contributed by atoms with Crippen molar-refractivity contribution in [2.45, 2.75) is 19.4 Å². The second kappa shape index (κ2) is 9.39. The summed E-state index contributed by atoms with van der Waals surface area (Å²) in [6.45, 7) is 7.68. The van der Waals surface area contributed by atoms with Crippen LogP contribution in [0.3, 0.4) is 0 Å². The normalized spacial score (nSPS) is 14.7. The number of anilines is 4. The highest BCUT2D eigenvalue weighted by Crippen LogP contribution is 2.38. The van der Waals surface area contributed by atoms with Gasteiger partial charge in [0.05, 0.1) is 30.3 Å². The number of benzene rings is 1. The van der Waals surface area contributed by atoms with Crippen LogP contribution in [0.5, 0.6) is 0 Å². The van der Waals surface area contributed by atoms with Crippen molar-refractivity contribution < 1.29 is 4.57 Å². The maximum atomic E-state index is 12.6. The number of nitrogens with one attached hydrogen (secondary N) is 2. The maximum absolute atomic E-state index is 12.6. The summed E-state index contributed by atoms with van der Waals surface area (Å²) in [5.74, 6) is 0.848. The highest BCUT2D eigenvalue weighted by atomic mass is 35.5. The number of nitrogens with zero attached hydrogens (tertiary/aromatic N) is 5. The molecule has 1 aliphatic heterocycles. The highest BCUT2D eigenvalue weighted by Gasteiger charge is 2.17. The van der Waals surface area contributed by atoms with E-state index in [1.54, 1.807) is 19.5 Å². The van der Waals surface area contributed by atoms with Crippen LogP contribution in [0.4, 0.5) is 23.1 Å². The number of para-hydroxylation sites is 1. The Morgan fingerprint density at radius 3 is 2.65 bits per heavy atom. The van der Waals surface area contributed by atoms with Gasteiger partial charge in [-0.15, -0.1) is 0 Å². The molecule has 0 aliphatic carbocycles. The lowest BCUT2D eigenvalue weighted by Gasteiger charge is -2.15. The van der Waals surface area contributed by atoms with Gasteiger partial charge < -0.3 is 20.1 Å². The van der Waals surface area contributed by atoms with Crippen LogP contribution in [0.15, 0.2) is 42.9 Å². The van der Waals surface area contributed by atoms with Crippen molar-refractivity contribution in [2.24, 2.45) is 0 Å². The molecule has 0 amide bonds. The summed E-state index contributed by atoms with van der Waals surface area (Å²) in [5.41, 5.74) is 1.53. The van der Waals surface area contributed by atoms with Gasteiger partial charge in [-0.1, -0.05) is 23.7 Å². The molecule has 4 rings (SSSR count). The fourth-order valence-electron chi connectivity index (χ4n) is 3.62. The Hall–Kier alpha value is -2.41. The Bertz CT molecular complexity index is 1090. The van der Waals surface area contributed by atoms with E-state index in [0.29, 0.717) is 16.8 Å². The van der Waals surface area contributed by atoms with Crippen molar-refractivity contribution in [2.75, 3.05) is 43.6 Å². The van der Waals surface area contributed by atoms with Gasteiger partial charge in [0.2, 0.25) is 5.95 Å². The van der Waals surface area contributed by atoms with Crippen molar-refractivity contribution in [1.29, 1.82) is 0 Å². The van der Waals surface area contributed by atoms with E-state index in [0.717, 1.165) is 29.8 Å². The first kappa shape index (κ1) is 21.8. The van der Waals surface area contributed by atoms with E-state index in [1.165, 1.54) is 32.1 Å². The molecule has 0 unspecified atom stereocenters. The second-order valence-corrected chi connectivity index (χ2v) is 11.6. The molecule has 8 nitrogen and oxygen atoms in total. The first-order chi connectivity index (χ1) is 14.9. The third-order valence-electron chi connectivity index (χ3n) is 5.21. The van der Waals surface area contributed by atoms with Gasteiger partial charge in [0.15, 0.2) is 5.82 Å². The lowest BCUT2D eigenvalue weighted by Crippen LogP contribution is -2.24. The molecule has 1 aromatic carbocycles. The van der Waals surface area contributed by atoms with Crippen LogP contribution in [-0.4, -0.2) is 57.6 Å². The van der Waals surface area contributed by atoms with Crippen molar-refractivity contribution in [3.63, 3.8) is 0 Å². The largest absolute Gasteiger partial charge is 0.338 e. The summed E-state index contributed by atoms with van der Waals surface area (Å²) in [7, 11) is -2.47. The van der Waals surface area contributed by atoms with Crippen LogP contribution >= 0.6 is 18.7 Å². The molecule has 1 fully saturated rings. The molecule has 10 heteroatoms. The van der Waals surface area contributed by atoms with E-state index in [1.807, 2.05) is 35.1 Å². The summed E-state index contributed by atoms with van der Waals surface area (Å²) < 4.78 is 14.6. The fraction of sp³-hybridized carbons (Fsp3) is 0.381. The van der Waals surface area contributed by atoms with E-state index in [4.69, 9.17) is 11.6 Å². The van der Waals surface area contributed by atoms with E-state index < -0.39 is 7.14 Å². The first-order valence-electron chi connectivity index (χ1n) is 10.3. The fourth-order valence-corrected chi connectivity index (χ4v) is 4.92. The molecule has 0 atom stereocenters. The van der Waals surface area contributed by atoms with Gasteiger partial charge >= 0.3 is 0 Å². The molecule has 164 valence electrons. The van der Waals surface area contributed by atoms with Crippen LogP contribution in [0.2, 0.25) is 5.02 Å². The SMILES string of the molecule is CP(C)(=O)c1ccccc1Nc1nc(Nc2cnn(CCN3CCCC3)c2)ncc1Cl. The van der Waals surface area contributed by atoms with Crippen LogP contribution in [0.1, 0.15) is 12.8 Å². The topological polar surface area (TPSA) is 88.0 Å². The van der Waals surface area contributed by atoms with Crippen molar-refractivity contribution in [3.8, 4) is 0 Å². The van der Waals surface area contributed by atoms with Crippen LogP contribution in [-0.2, 0) is 11.1 Å². The van der Waals surface area contributed by atoms with E-state index in [-0.39, 0.29) is 0 Å². The number of hydrogen-bond acceptors (Lipinski definition) is 7. The Morgan fingerprint density at radius 1 is 1.10 bits per heavy atom. The maximum Gasteiger partial charge on any atom is 0.229 e. The Labute approximate surface area is 187 Å². The van der Waals surface area contributed by atoms with Gasteiger partial charge in [-0.25, -0.2) is 4.98 Å². The summed E-state index contributed by atoms with van der Waals surface area (Å²) in [6, 6.07) is 7.47. The Kier molecular flexibility index (Phi) is 6.60. The molecule has 1 saturated heterocycles. The molecular formula is C21H27ClN7OP. The van der Waals surface area contributed by atoms with Crippen molar-refractivity contribution >= 4 is 47.2 Å². The Balaban J connectivity index is 1.46. The van der Waals surface area contributed by atoms with E-state index >= 15 is 0 Å². The van der Waals surface area contributed by atoms with Crippen LogP contribution in [0, 0.1) is 0 Å². The van der Waals surface area contributed by atoms with E-state index in [2.05, 4.69) is 30.6 Å². The van der Waals surface area contributed by atoms with Gasteiger partial charge in [-0.2, -0.15) is 10.1 Å². The van der Waals surface area contributed by atoms with Crippen LogP contribution < -0.4 is 15.9 Å². The standard InChI is InChI=1S/C21H27ClN7OP/c1-31(2,30)19-8-4-3-7-18(19)26-20-17(22)14-23-21(27-20)25-16-13-24-29(15-16)12-11-28-9-5-6-10-28/h3-4,7-8,13-15H,5-6,9-12H2,1-2H3,(H2,23,25,26,27). The summed E-state index contributed by atoms with van der Waals surface area (Å²) >= 11 is 6.32. The van der Waals surface area contributed by atoms with Gasteiger partial charge in [0.1, 0.15) is 12.2 Å². The van der Waals surface area contributed by atoms with Crippen molar-refractivity contribution in [3.05, 3.63) is 47.9 Å². The molecule has 0 saturated carbocycles. The molecular weight excluding hydrogens is 433 g/mol. The highest BCUT2D eigenvalue weighted by molar-refractivity contribution is 7.70. The average Bonchev–Trinajstić information content (AvgIpc) is 3.40. The monoisotopic (exact) mass is 459 g/mol. The zero-order chi connectivity index (χ0) is 21.8. The zero-order valence-electron chi connectivity index (χ0n) is 17.8. The third kappa shape index (κ3) is 5.64. The van der Waals surface area contributed by atoms with Gasteiger partial charge in [0, 0.05) is 18.0 Å². The molecule has 0 spiro atoms. The lowest BCUT2D eigenvalue weighted by atomic mass is 10.3. The molecule has 0 radical (unpaired) electrons. The van der Waals surface area contributed by atoms with Gasteiger partial charge in [-0.05, 0) is 51.4 Å². The predicted octanol–water partition coefficient (Wildman–Crippen LogP) is 4.16. The molecule has 0 bridgehead atoms. The third-order valence-corrected chi connectivity index (χ3v) is 7.04. The lowest BCUT2D eigenvalue weighted by molar-refractivity contribution is 0.316. The average molecular weight is 460 g/mol. The quantitative estimate of drug-likeness (QED) is 0.489. The van der Waals surface area contributed by atoms with Crippen molar-refractivity contribution in [1.82, 2.24) is 24.6 Å². The molecule has 1 aliphatic rings. The molecule has 3 aromatic rings. The molecule has 2 aromatic heterocycles. The number of likely N-dealkylation sites (tertiary alicyclic amines) is 1. The van der Waals surface area contributed by atoms with Gasteiger partial charge in [-0.3, -0.25) is 4.68 Å².